The number of pyridine rings is 1. The van der Waals surface area contributed by atoms with Gasteiger partial charge < -0.3 is 14.7 Å². The highest BCUT2D eigenvalue weighted by Gasteiger charge is 2.27. The summed E-state index contributed by atoms with van der Waals surface area (Å²) in [5, 5.41) is 8.88. The van der Waals surface area contributed by atoms with Crippen molar-refractivity contribution < 1.29 is 19.4 Å². The number of aromatic nitrogens is 1. The zero-order valence-electron chi connectivity index (χ0n) is 14.5. The van der Waals surface area contributed by atoms with E-state index in [1.54, 1.807) is 12.3 Å². The van der Waals surface area contributed by atoms with E-state index >= 15 is 0 Å². The van der Waals surface area contributed by atoms with Crippen LogP contribution in [0.2, 0.25) is 0 Å². The molecular formula is C19H26N2O4. The normalized spacial score (nSPS) is 24.9. The number of aldehydes is 1. The number of rotatable bonds is 6. The van der Waals surface area contributed by atoms with Crippen molar-refractivity contribution in [3.05, 3.63) is 23.9 Å². The molecule has 2 heterocycles. The molecule has 2 fully saturated rings. The fraction of sp³-hybridized carbons (Fsp3) is 0.632. The molecule has 6 heteroatoms. The number of nitrogens with zero attached hydrogens (tertiary/aromatic N) is 2. The van der Waals surface area contributed by atoms with E-state index in [4.69, 9.17) is 9.84 Å². The first-order valence-electron chi connectivity index (χ1n) is 9.17. The van der Waals surface area contributed by atoms with Crippen molar-refractivity contribution in [3.63, 3.8) is 0 Å². The molecule has 1 aliphatic heterocycles. The summed E-state index contributed by atoms with van der Waals surface area (Å²) in [7, 11) is 0. The van der Waals surface area contributed by atoms with Gasteiger partial charge in [-0.3, -0.25) is 9.59 Å². The Labute approximate surface area is 148 Å². The van der Waals surface area contributed by atoms with Crippen molar-refractivity contribution in [3.8, 4) is 0 Å². The second kappa shape index (κ2) is 8.43. The van der Waals surface area contributed by atoms with Crippen LogP contribution in [0.3, 0.4) is 0 Å². The first kappa shape index (κ1) is 17.9. The fourth-order valence-electron chi connectivity index (χ4n) is 3.87. The Morgan fingerprint density at radius 1 is 1.16 bits per heavy atom. The quantitative estimate of drug-likeness (QED) is 0.798. The van der Waals surface area contributed by atoms with E-state index in [2.05, 4.69) is 9.88 Å². The second-order valence-corrected chi connectivity index (χ2v) is 7.13. The maximum absolute atomic E-state index is 10.8. The number of anilines is 1. The van der Waals surface area contributed by atoms with Crippen molar-refractivity contribution in [2.75, 3.05) is 18.0 Å². The Kier molecular flexibility index (Phi) is 6.02. The summed E-state index contributed by atoms with van der Waals surface area (Å²) in [6.07, 6.45) is 9.12. The molecule has 0 atom stereocenters. The first-order chi connectivity index (χ1) is 12.1. The SMILES string of the molecule is O=Cc1ccc(N2CCC(O[C@H]3CC[C@H](CC(=O)O)CC3)CC2)nc1. The zero-order chi connectivity index (χ0) is 17.6. The number of ether oxygens (including phenoxy) is 1. The summed E-state index contributed by atoms with van der Waals surface area (Å²) < 4.78 is 6.27. The molecule has 3 rings (SSSR count). The van der Waals surface area contributed by atoms with Gasteiger partial charge in [-0.25, -0.2) is 4.98 Å². The zero-order valence-corrected chi connectivity index (χ0v) is 14.5. The Morgan fingerprint density at radius 2 is 1.84 bits per heavy atom. The van der Waals surface area contributed by atoms with Gasteiger partial charge in [0.2, 0.25) is 0 Å². The number of carbonyl (C=O) groups excluding carboxylic acids is 1. The Morgan fingerprint density at radius 3 is 2.40 bits per heavy atom. The van der Waals surface area contributed by atoms with Crippen molar-refractivity contribution in [1.29, 1.82) is 0 Å². The molecule has 6 nitrogen and oxygen atoms in total. The lowest BCUT2D eigenvalue weighted by atomic mass is 9.85. The van der Waals surface area contributed by atoms with Gasteiger partial charge in [-0.2, -0.15) is 0 Å². The number of piperidine rings is 1. The van der Waals surface area contributed by atoms with Crippen LogP contribution < -0.4 is 4.90 Å². The summed E-state index contributed by atoms with van der Waals surface area (Å²) in [5.74, 6) is 0.546. The number of hydrogen-bond donors (Lipinski definition) is 1. The van der Waals surface area contributed by atoms with Gasteiger partial charge in [0.05, 0.1) is 12.2 Å². The van der Waals surface area contributed by atoms with Gasteiger partial charge >= 0.3 is 5.97 Å². The highest BCUT2D eigenvalue weighted by Crippen LogP contribution is 2.30. The van der Waals surface area contributed by atoms with Gasteiger partial charge in [0.25, 0.3) is 0 Å². The molecule has 1 saturated carbocycles. The maximum atomic E-state index is 10.8. The number of aliphatic carboxylic acids is 1. The van der Waals surface area contributed by atoms with Crippen LogP contribution >= 0.6 is 0 Å². The Hall–Kier alpha value is -1.95. The average molecular weight is 346 g/mol. The predicted octanol–water partition coefficient (Wildman–Crippen LogP) is 2.91. The molecule has 0 aromatic carbocycles. The fourth-order valence-corrected chi connectivity index (χ4v) is 3.87. The molecule has 1 aromatic heterocycles. The summed E-state index contributed by atoms with van der Waals surface area (Å²) in [5.41, 5.74) is 0.598. The van der Waals surface area contributed by atoms with E-state index in [1.807, 2.05) is 6.07 Å². The Balaban J connectivity index is 1.40. The van der Waals surface area contributed by atoms with Gasteiger partial charge in [-0.05, 0) is 56.6 Å². The minimum atomic E-state index is -0.688. The van der Waals surface area contributed by atoms with Crippen LogP contribution in [0.25, 0.3) is 0 Å². The lowest BCUT2D eigenvalue weighted by Gasteiger charge is -2.36. The lowest BCUT2D eigenvalue weighted by Crippen LogP contribution is -2.39. The van der Waals surface area contributed by atoms with E-state index in [-0.39, 0.29) is 12.2 Å². The summed E-state index contributed by atoms with van der Waals surface area (Å²) in [6.45, 7) is 1.82. The number of carboxylic acid groups (broad SMARTS) is 1. The molecule has 1 saturated heterocycles. The molecule has 0 unspecified atom stereocenters. The van der Waals surface area contributed by atoms with Crippen LogP contribution in [0.1, 0.15) is 55.3 Å². The van der Waals surface area contributed by atoms with Gasteiger partial charge in [0.1, 0.15) is 5.82 Å². The molecule has 2 aliphatic rings. The number of carboxylic acids is 1. The van der Waals surface area contributed by atoms with Crippen molar-refractivity contribution in [1.82, 2.24) is 4.98 Å². The molecule has 136 valence electrons. The van der Waals surface area contributed by atoms with Gasteiger partial charge in [0.15, 0.2) is 6.29 Å². The van der Waals surface area contributed by atoms with Crippen LogP contribution in [-0.2, 0) is 9.53 Å². The third kappa shape index (κ3) is 5.01. The molecule has 1 aromatic rings. The lowest BCUT2D eigenvalue weighted by molar-refractivity contribution is -0.138. The van der Waals surface area contributed by atoms with E-state index in [0.717, 1.165) is 63.7 Å². The average Bonchev–Trinajstić information content (AvgIpc) is 2.64. The highest BCUT2D eigenvalue weighted by atomic mass is 16.5. The minimum absolute atomic E-state index is 0.284. The van der Waals surface area contributed by atoms with Crippen LogP contribution in [0, 0.1) is 5.92 Å². The van der Waals surface area contributed by atoms with E-state index in [9.17, 15) is 9.59 Å². The summed E-state index contributed by atoms with van der Waals surface area (Å²) >= 11 is 0. The topological polar surface area (TPSA) is 79.7 Å². The maximum Gasteiger partial charge on any atom is 0.303 e. The molecular weight excluding hydrogens is 320 g/mol. The van der Waals surface area contributed by atoms with Gasteiger partial charge in [0, 0.05) is 31.3 Å². The van der Waals surface area contributed by atoms with Crippen LogP contribution in [0.15, 0.2) is 18.3 Å². The highest BCUT2D eigenvalue weighted by molar-refractivity contribution is 5.74. The molecule has 0 radical (unpaired) electrons. The van der Waals surface area contributed by atoms with E-state index < -0.39 is 5.97 Å². The predicted molar refractivity (Wildman–Crippen MR) is 93.9 cm³/mol. The summed E-state index contributed by atoms with van der Waals surface area (Å²) in [4.78, 5) is 28.1. The molecule has 0 spiro atoms. The molecule has 0 bridgehead atoms. The second-order valence-electron chi connectivity index (χ2n) is 7.13. The van der Waals surface area contributed by atoms with Crippen molar-refractivity contribution in [2.45, 2.75) is 57.2 Å². The monoisotopic (exact) mass is 346 g/mol. The molecule has 1 aliphatic carbocycles. The standard InChI is InChI=1S/C19H26N2O4/c22-13-15-3-6-18(20-12-15)21-9-7-17(8-10-21)25-16-4-1-14(2-5-16)11-19(23)24/h3,6,12-14,16-17H,1-2,4-5,7-11H2,(H,23,24)/t14-,16-. The van der Waals surface area contributed by atoms with Crippen LogP contribution in [0.4, 0.5) is 5.82 Å². The molecule has 1 N–H and O–H groups in total. The van der Waals surface area contributed by atoms with Crippen LogP contribution in [-0.4, -0.2) is 47.6 Å². The first-order valence-corrected chi connectivity index (χ1v) is 9.17. The van der Waals surface area contributed by atoms with Crippen LogP contribution in [0.5, 0.6) is 0 Å². The van der Waals surface area contributed by atoms with E-state index in [0.29, 0.717) is 17.9 Å². The third-order valence-electron chi connectivity index (χ3n) is 5.31. The van der Waals surface area contributed by atoms with E-state index in [1.165, 1.54) is 0 Å². The molecule has 25 heavy (non-hydrogen) atoms. The minimum Gasteiger partial charge on any atom is -0.481 e. The van der Waals surface area contributed by atoms with Gasteiger partial charge in [-0.15, -0.1) is 0 Å². The van der Waals surface area contributed by atoms with Crippen molar-refractivity contribution >= 4 is 18.1 Å². The molecule has 0 amide bonds. The summed E-state index contributed by atoms with van der Waals surface area (Å²) in [6, 6.07) is 3.70. The Bertz CT molecular complexity index is 574. The third-order valence-corrected chi connectivity index (χ3v) is 5.31. The van der Waals surface area contributed by atoms with Gasteiger partial charge in [-0.1, -0.05) is 0 Å². The van der Waals surface area contributed by atoms with Crippen molar-refractivity contribution in [2.24, 2.45) is 5.92 Å². The number of hydrogen-bond acceptors (Lipinski definition) is 5. The largest absolute Gasteiger partial charge is 0.481 e. The smallest absolute Gasteiger partial charge is 0.303 e. The number of carbonyl (C=O) groups is 2.